The molecule has 3 atom stereocenters. The fourth-order valence-corrected chi connectivity index (χ4v) is 12.1. The number of piperidine rings is 1. The fourth-order valence-electron chi connectivity index (χ4n) is 11.3. The number of likely N-dealkylation sites (tertiary alicyclic amines) is 2. The number of ether oxygens (including phenoxy) is 2. The molecule has 2 aromatic carbocycles. The molecule has 8 N–H and O–H groups in total. The minimum atomic E-state index is -3.18. The van der Waals surface area contributed by atoms with Gasteiger partial charge in [-0.1, -0.05) is 36.2 Å². The zero-order valence-electron chi connectivity index (χ0n) is 53.4. The molecule has 3 aliphatic rings. The number of rotatable bonds is 35. The summed E-state index contributed by atoms with van der Waals surface area (Å²) in [5.41, 5.74) is 3.01. The van der Waals surface area contributed by atoms with E-state index in [0.717, 1.165) is 54.6 Å². The van der Waals surface area contributed by atoms with E-state index in [0.29, 0.717) is 60.9 Å². The molecule has 0 unspecified atom stereocenters. The number of aliphatic hydroxyl groups is 1. The number of pyridine rings is 1. The molecule has 94 heavy (non-hydrogen) atoms. The molecule has 0 saturated carbocycles. The summed E-state index contributed by atoms with van der Waals surface area (Å²) in [6, 6.07) is 14.1. The van der Waals surface area contributed by atoms with E-state index in [-0.39, 0.29) is 134 Å². The van der Waals surface area contributed by atoms with Gasteiger partial charge in [0.05, 0.1) is 69.6 Å². The minimum Gasteiger partial charge on any atom is -0.494 e. The van der Waals surface area contributed by atoms with Gasteiger partial charge in [0.2, 0.25) is 23.6 Å². The first-order valence-corrected chi connectivity index (χ1v) is 33.1. The monoisotopic (exact) mass is 1340 g/mol. The van der Waals surface area contributed by atoms with Crippen LogP contribution in [0.15, 0.2) is 54.7 Å². The molecule has 3 aromatic rings. The molecule has 0 radical (unpaired) electrons. The highest BCUT2D eigenvalue weighted by atomic mass is 32.2. The number of alkyl halides is 2. The Morgan fingerprint density at radius 3 is 1.99 bits per heavy atom. The average molecular weight is 1340 g/mol. The summed E-state index contributed by atoms with van der Waals surface area (Å²) < 4.78 is 39.6. The van der Waals surface area contributed by atoms with E-state index in [1.165, 1.54) is 24.0 Å². The Kier molecular flexibility index (Phi) is 31.5. The number of benzene rings is 2. The van der Waals surface area contributed by atoms with Gasteiger partial charge in [-0.25, -0.2) is 8.78 Å². The lowest BCUT2D eigenvalue weighted by Crippen LogP contribution is -2.52. The van der Waals surface area contributed by atoms with Crippen LogP contribution < -0.4 is 26.0 Å². The summed E-state index contributed by atoms with van der Waals surface area (Å²) in [5, 5.41) is 60.5. The standard InChI is InChI=1S/C64H90F2N12O15S/c1-45-8-10-46(11-9-45)6-4-7-55(80)69-19-33-92-32-17-53(72-56(81)39-73-23-25-74(40-58(83)84)27-29-76(42-60(87)88)30-28-75(26-24-73)41-59(85)86)62(90)70-20-34-94-43-54(79)63(91)77-21-15-47(16-22-77)5-2-3-31-93-49-12-13-52-51(35-49)50(14-18-68-52)61(89)71-38-57(82)78-44-64(65,66)36-48(78)37-67/h8-14,18,35,47-48,53-54,79H,2-7,15-17,19-34,36,38-44H2,1H3,(H,69,80)(H,70,90)(H,71,89)(H,72,81)(H,83,84)(H,85,86)(H,87,88)/t48-,53+,54-/m1/s1. The number of nitrogens with one attached hydrogen (secondary N) is 4. The molecule has 3 fully saturated rings. The molecule has 4 heterocycles. The minimum absolute atomic E-state index is 0.0341. The molecule has 0 bridgehead atoms. The van der Waals surface area contributed by atoms with E-state index in [1.54, 1.807) is 48.8 Å². The number of unbranched alkanes of at least 4 members (excludes halogenated alkanes) is 1. The Labute approximate surface area is 550 Å². The van der Waals surface area contributed by atoms with Crippen LogP contribution >= 0.6 is 11.8 Å². The molecule has 30 heteroatoms. The van der Waals surface area contributed by atoms with Gasteiger partial charge >= 0.3 is 17.9 Å². The third kappa shape index (κ3) is 27.0. The van der Waals surface area contributed by atoms with Crippen molar-refractivity contribution in [1.29, 1.82) is 5.26 Å². The number of amides is 6. The second-order valence-corrected chi connectivity index (χ2v) is 25.1. The summed E-state index contributed by atoms with van der Waals surface area (Å²) >= 11 is 1.27. The summed E-state index contributed by atoms with van der Waals surface area (Å²) in [6.45, 7) is 2.75. The van der Waals surface area contributed by atoms with Crippen LogP contribution in [0.1, 0.15) is 79.3 Å². The van der Waals surface area contributed by atoms with Crippen molar-refractivity contribution in [1.82, 2.24) is 55.7 Å². The summed E-state index contributed by atoms with van der Waals surface area (Å²) in [7, 11) is 0. The third-order valence-corrected chi connectivity index (χ3v) is 17.6. The fraction of sp³-hybridized carbons (Fsp3) is 0.609. The van der Waals surface area contributed by atoms with Crippen molar-refractivity contribution in [2.45, 2.75) is 95.2 Å². The number of aryl methyl sites for hydroxylation is 2. The van der Waals surface area contributed by atoms with Crippen LogP contribution in [0.3, 0.4) is 0 Å². The molecule has 3 saturated heterocycles. The number of carboxylic acids is 3. The van der Waals surface area contributed by atoms with E-state index in [9.17, 15) is 77.6 Å². The SMILES string of the molecule is Cc1ccc(CCCC(=O)NCCOCC[C@H](NC(=O)CN2CCN(CC(=O)O)CCN(CC(=O)O)CCN(CC(=O)O)CC2)C(=O)NCCSC[C@@H](O)C(=O)N2CCC(CCCCOc3ccc4nccc(C(=O)NCC(=O)N5CC(F)(F)C[C@@H]5C#N)c4c3)CC2)cc1. The topological polar surface area (TPSA) is 357 Å². The van der Waals surface area contributed by atoms with Crippen molar-refractivity contribution in [3.63, 3.8) is 0 Å². The van der Waals surface area contributed by atoms with Crippen molar-refractivity contribution < 1.29 is 81.8 Å². The number of aliphatic hydroxyl groups excluding tert-OH is 1. The second kappa shape index (κ2) is 39.3. The molecule has 6 rings (SSSR count). The van der Waals surface area contributed by atoms with Gasteiger partial charge in [-0.15, -0.1) is 0 Å². The van der Waals surface area contributed by atoms with Crippen LogP contribution in [-0.4, -0.2) is 281 Å². The highest BCUT2D eigenvalue weighted by Crippen LogP contribution is 2.32. The van der Waals surface area contributed by atoms with Crippen molar-refractivity contribution in [2.24, 2.45) is 5.92 Å². The maximum absolute atomic E-state index is 13.9. The van der Waals surface area contributed by atoms with Gasteiger partial charge in [0.25, 0.3) is 17.7 Å². The lowest BCUT2D eigenvalue weighted by atomic mass is 9.91. The van der Waals surface area contributed by atoms with Crippen molar-refractivity contribution in [3.8, 4) is 11.8 Å². The Morgan fingerprint density at radius 2 is 1.37 bits per heavy atom. The molecule has 516 valence electrons. The predicted octanol–water partition coefficient (Wildman–Crippen LogP) is 1.54. The van der Waals surface area contributed by atoms with Crippen molar-refractivity contribution in [3.05, 3.63) is 71.4 Å². The normalized spacial score (nSPS) is 17.8. The van der Waals surface area contributed by atoms with Gasteiger partial charge in [0, 0.05) is 121 Å². The zero-order valence-corrected chi connectivity index (χ0v) is 54.2. The number of thioether (sulfide) groups is 1. The number of carbonyl (C=O) groups excluding carboxylic acids is 6. The lowest BCUT2D eigenvalue weighted by molar-refractivity contribution is -0.140. The average Bonchev–Trinajstić information content (AvgIpc) is 1.38. The third-order valence-electron chi connectivity index (χ3n) is 16.5. The Morgan fingerprint density at radius 1 is 0.745 bits per heavy atom. The molecule has 0 spiro atoms. The van der Waals surface area contributed by atoms with Gasteiger partial charge in [-0.05, 0) is 87.6 Å². The molecule has 27 nitrogen and oxygen atoms in total. The highest BCUT2D eigenvalue weighted by Gasteiger charge is 2.47. The van der Waals surface area contributed by atoms with Crippen LogP contribution in [0.4, 0.5) is 8.78 Å². The van der Waals surface area contributed by atoms with E-state index in [2.05, 4.69) is 26.3 Å². The largest absolute Gasteiger partial charge is 0.494 e. The smallest absolute Gasteiger partial charge is 0.317 e. The first-order valence-electron chi connectivity index (χ1n) is 32.0. The second-order valence-electron chi connectivity index (χ2n) is 23.9. The summed E-state index contributed by atoms with van der Waals surface area (Å²) in [6.07, 6.45) is 5.23. The maximum Gasteiger partial charge on any atom is 0.317 e. The molecule has 1 aromatic heterocycles. The number of halogens is 2. The molecular weight excluding hydrogens is 1250 g/mol. The molecule has 3 aliphatic heterocycles. The van der Waals surface area contributed by atoms with Crippen LogP contribution in [0.25, 0.3) is 10.9 Å². The predicted molar refractivity (Wildman–Crippen MR) is 343 cm³/mol. The van der Waals surface area contributed by atoms with Gasteiger partial charge in [-0.3, -0.25) is 67.7 Å². The quantitative estimate of drug-likeness (QED) is 0.0387. The zero-order chi connectivity index (χ0) is 68.0. The first-order chi connectivity index (χ1) is 45.0. The van der Waals surface area contributed by atoms with Crippen LogP contribution in [-0.2, 0) is 49.5 Å². The van der Waals surface area contributed by atoms with E-state index in [1.807, 2.05) is 31.2 Å². The van der Waals surface area contributed by atoms with Crippen molar-refractivity contribution in [2.75, 3.05) is 149 Å². The highest BCUT2D eigenvalue weighted by molar-refractivity contribution is 7.99. The summed E-state index contributed by atoms with van der Waals surface area (Å²) in [5.74, 6) is -8.15. The number of hydrogen-bond acceptors (Lipinski definition) is 19. The number of carboxylic acid groups (broad SMARTS) is 3. The number of fused-ring (bicyclic) bond motifs is 1. The van der Waals surface area contributed by atoms with E-state index < -0.39 is 85.2 Å². The van der Waals surface area contributed by atoms with Crippen LogP contribution in [0, 0.1) is 24.2 Å². The number of carbonyl (C=O) groups is 9. The molecule has 6 amide bonds. The van der Waals surface area contributed by atoms with E-state index >= 15 is 0 Å². The van der Waals surface area contributed by atoms with Crippen LogP contribution in [0.2, 0.25) is 0 Å². The van der Waals surface area contributed by atoms with Gasteiger partial charge in [-0.2, -0.15) is 17.0 Å². The summed E-state index contributed by atoms with van der Waals surface area (Å²) in [4.78, 5) is 128. The Bertz CT molecular complexity index is 3020. The van der Waals surface area contributed by atoms with Crippen LogP contribution in [0.5, 0.6) is 5.75 Å². The van der Waals surface area contributed by atoms with E-state index in [4.69, 9.17) is 9.47 Å². The first kappa shape index (κ1) is 75.4. The number of nitriles is 1. The molecular formula is C64H90F2N12O15S. The van der Waals surface area contributed by atoms with Crippen molar-refractivity contribution >= 4 is 76.0 Å². The molecule has 0 aliphatic carbocycles. The van der Waals surface area contributed by atoms with Gasteiger partial charge in [0.1, 0.15) is 23.9 Å². The number of aromatic nitrogens is 1. The Balaban J connectivity index is 0.920. The Hall–Kier alpha value is -7.66. The number of nitrogens with zero attached hydrogens (tertiary/aromatic N) is 8. The lowest BCUT2D eigenvalue weighted by Gasteiger charge is -2.33. The number of hydrogen-bond donors (Lipinski definition) is 8. The van der Waals surface area contributed by atoms with Gasteiger partial charge < -0.3 is 61.0 Å². The maximum atomic E-state index is 13.9. The van der Waals surface area contributed by atoms with Gasteiger partial charge in [0.15, 0.2) is 0 Å². The number of aliphatic carboxylic acids is 3.